The van der Waals surface area contributed by atoms with Crippen molar-refractivity contribution in [2.45, 2.75) is 24.9 Å². The summed E-state index contributed by atoms with van der Waals surface area (Å²) in [5, 5.41) is 9.22. The fourth-order valence-electron chi connectivity index (χ4n) is 3.02. The zero-order valence-corrected chi connectivity index (χ0v) is 9.14. The summed E-state index contributed by atoms with van der Waals surface area (Å²) >= 11 is 0. The maximum Gasteiger partial charge on any atom is 0.310 e. The Morgan fingerprint density at radius 3 is 2.69 bits per heavy atom. The third-order valence-electron chi connectivity index (χ3n) is 3.98. The van der Waals surface area contributed by atoms with E-state index in [4.69, 9.17) is 4.74 Å². The van der Waals surface area contributed by atoms with E-state index in [1.807, 2.05) is 31.2 Å². The van der Waals surface area contributed by atoms with Crippen molar-refractivity contribution in [3.8, 4) is 0 Å². The molecule has 2 bridgehead atoms. The highest BCUT2D eigenvalue weighted by molar-refractivity contribution is 5.76. The van der Waals surface area contributed by atoms with E-state index in [1.54, 1.807) is 0 Å². The molecular weight excluding hydrogens is 204 g/mol. The smallest absolute Gasteiger partial charge is 0.310 e. The van der Waals surface area contributed by atoms with Gasteiger partial charge in [0.2, 0.25) is 0 Å². The lowest BCUT2D eigenvalue weighted by Crippen LogP contribution is -2.52. The fourth-order valence-corrected chi connectivity index (χ4v) is 3.02. The summed E-state index contributed by atoms with van der Waals surface area (Å²) in [5.41, 5.74) is 2.05. The van der Waals surface area contributed by atoms with Gasteiger partial charge in [-0.1, -0.05) is 29.8 Å². The first-order valence-electron chi connectivity index (χ1n) is 5.55. The van der Waals surface area contributed by atoms with Gasteiger partial charge in [0.25, 0.3) is 0 Å². The van der Waals surface area contributed by atoms with Crippen molar-refractivity contribution in [2.75, 3.05) is 6.61 Å². The van der Waals surface area contributed by atoms with Crippen LogP contribution in [0.3, 0.4) is 0 Å². The summed E-state index contributed by atoms with van der Waals surface area (Å²) in [5.74, 6) is -1.08. The van der Waals surface area contributed by atoms with E-state index >= 15 is 0 Å². The van der Waals surface area contributed by atoms with Crippen LogP contribution in [0.25, 0.3) is 0 Å². The molecular formula is C13H14O3. The Labute approximate surface area is 94.0 Å². The highest BCUT2D eigenvalue weighted by atomic mass is 16.5. The van der Waals surface area contributed by atoms with E-state index in [-0.39, 0.29) is 17.4 Å². The largest absolute Gasteiger partial charge is 0.481 e. The van der Waals surface area contributed by atoms with E-state index < -0.39 is 5.97 Å². The number of hydrogen-bond acceptors (Lipinski definition) is 2. The molecule has 1 aromatic carbocycles. The van der Waals surface area contributed by atoms with Gasteiger partial charge in [-0.15, -0.1) is 0 Å². The van der Waals surface area contributed by atoms with Crippen LogP contribution in [-0.4, -0.2) is 23.8 Å². The second-order valence-corrected chi connectivity index (χ2v) is 4.89. The van der Waals surface area contributed by atoms with Gasteiger partial charge in [0.15, 0.2) is 0 Å². The molecule has 16 heavy (non-hydrogen) atoms. The van der Waals surface area contributed by atoms with Crippen molar-refractivity contribution in [2.24, 2.45) is 5.92 Å². The summed E-state index contributed by atoms with van der Waals surface area (Å²) in [6.45, 7) is 2.59. The van der Waals surface area contributed by atoms with E-state index in [0.29, 0.717) is 6.61 Å². The zero-order valence-electron chi connectivity index (χ0n) is 9.14. The SMILES string of the molecule is Cc1ccc([C@]23CO[C@H](C2)[C@H]3C(=O)O)cc1. The number of carboxylic acids is 1. The third kappa shape index (κ3) is 1.09. The fraction of sp³-hybridized carbons (Fsp3) is 0.462. The molecule has 3 aliphatic rings. The third-order valence-corrected chi connectivity index (χ3v) is 3.98. The van der Waals surface area contributed by atoms with Crippen molar-refractivity contribution in [3.63, 3.8) is 0 Å². The second-order valence-electron chi connectivity index (χ2n) is 4.89. The lowest BCUT2D eigenvalue weighted by Gasteiger charge is -2.42. The number of aliphatic carboxylic acids is 1. The summed E-state index contributed by atoms with van der Waals surface area (Å²) in [6.07, 6.45) is 0.784. The number of ether oxygens (including phenoxy) is 1. The molecule has 2 heterocycles. The van der Waals surface area contributed by atoms with Crippen LogP contribution < -0.4 is 0 Å². The van der Waals surface area contributed by atoms with Crippen LogP contribution >= 0.6 is 0 Å². The van der Waals surface area contributed by atoms with Crippen molar-refractivity contribution in [1.29, 1.82) is 0 Å². The Bertz CT molecular complexity index is 433. The Kier molecular flexibility index (Phi) is 1.89. The van der Waals surface area contributed by atoms with Crippen molar-refractivity contribution in [3.05, 3.63) is 35.4 Å². The van der Waals surface area contributed by atoms with Crippen molar-refractivity contribution >= 4 is 5.97 Å². The molecule has 84 valence electrons. The minimum Gasteiger partial charge on any atom is -0.481 e. The van der Waals surface area contributed by atoms with Crippen LogP contribution in [0.4, 0.5) is 0 Å². The predicted molar refractivity (Wildman–Crippen MR) is 58.3 cm³/mol. The van der Waals surface area contributed by atoms with Gasteiger partial charge in [-0.2, -0.15) is 0 Å². The number of aryl methyl sites for hydroxylation is 1. The molecule has 2 aliphatic heterocycles. The number of rotatable bonds is 2. The van der Waals surface area contributed by atoms with Gasteiger partial charge in [0.05, 0.1) is 18.6 Å². The molecule has 3 atom stereocenters. The minimum absolute atomic E-state index is 0.0706. The maximum atomic E-state index is 11.2. The summed E-state index contributed by atoms with van der Waals surface area (Å²) < 4.78 is 5.51. The van der Waals surface area contributed by atoms with E-state index in [0.717, 1.165) is 12.0 Å². The number of benzene rings is 1. The van der Waals surface area contributed by atoms with Crippen LogP contribution in [0.5, 0.6) is 0 Å². The quantitative estimate of drug-likeness (QED) is 0.822. The Balaban J connectivity index is 2.00. The number of carbonyl (C=O) groups is 1. The summed E-state index contributed by atoms with van der Waals surface area (Å²) in [4.78, 5) is 11.2. The predicted octanol–water partition coefficient (Wildman–Crippen LogP) is 1.74. The Morgan fingerprint density at radius 1 is 1.44 bits per heavy atom. The topological polar surface area (TPSA) is 46.5 Å². The average molecular weight is 218 g/mol. The molecule has 0 unspecified atom stereocenters. The first-order chi connectivity index (χ1) is 7.63. The minimum atomic E-state index is -0.727. The molecule has 1 N–H and O–H groups in total. The van der Waals surface area contributed by atoms with Crippen LogP contribution in [0.1, 0.15) is 17.5 Å². The van der Waals surface area contributed by atoms with Gasteiger partial charge >= 0.3 is 5.97 Å². The molecule has 1 aliphatic carbocycles. The van der Waals surface area contributed by atoms with Gasteiger partial charge in [-0.3, -0.25) is 4.79 Å². The monoisotopic (exact) mass is 218 g/mol. The van der Waals surface area contributed by atoms with Gasteiger partial charge < -0.3 is 9.84 Å². The lowest BCUT2D eigenvalue weighted by molar-refractivity contribution is -0.150. The normalized spacial score (nSPS) is 35.8. The second kappa shape index (κ2) is 3.08. The van der Waals surface area contributed by atoms with E-state index in [1.165, 1.54) is 5.56 Å². The highest BCUT2D eigenvalue weighted by Crippen LogP contribution is 2.56. The maximum absolute atomic E-state index is 11.2. The number of fused-ring (bicyclic) bond motifs is 1. The average Bonchev–Trinajstić information content (AvgIpc) is 2.76. The number of hydrogen-bond donors (Lipinski definition) is 1. The first-order valence-corrected chi connectivity index (χ1v) is 5.55. The molecule has 0 amide bonds. The zero-order chi connectivity index (χ0) is 11.3. The Morgan fingerprint density at radius 2 is 2.12 bits per heavy atom. The van der Waals surface area contributed by atoms with Gasteiger partial charge in [-0.25, -0.2) is 0 Å². The lowest BCUT2D eigenvalue weighted by atomic mass is 9.57. The van der Waals surface area contributed by atoms with Crippen LogP contribution in [0.2, 0.25) is 0 Å². The molecule has 4 rings (SSSR count). The van der Waals surface area contributed by atoms with Crippen molar-refractivity contribution in [1.82, 2.24) is 0 Å². The highest BCUT2D eigenvalue weighted by Gasteiger charge is 2.64. The van der Waals surface area contributed by atoms with Crippen LogP contribution in [0, 0.1) is 12.8 Å². The van der Waals surface area contributed by atoms with E-state index in [9.17, 15) is 9.90 Å². The van der Waals surface area contributed by atoms with Gasteiger partial charge in [-0.05, 0) is 18.9 Å². The number of carboxylic acid groups (broad SMARTS) is 1. The Hall–Kier alpha value is -1.35. The molecule has 0 radical (unpaired) electrons. The van der Waals surface area contributed by atoms with Gasteiger partial charge in [0.1, 0.15) is 0 Å². The van der Waals surface area contributed by atoms with Gasteiger partial charge in [0, 0.05) is 5.41 Å². The molecule has 0 spiro atoms. The standard InChI is InChI=1S/C13H14O3/c1-8-2-4-9(5-3-8)13-6-10(16-7-13)11(13)12(14)15/h2-5,10-11H,6-7H2,1H3,(H,14,15)/t10-,11+,13-/m1/s1. The van der Waals surface area contributed by atoms with Crippen LogP contribution in [0.15, 0.2) is 24.3 Å². The molecule has 1 aromatic rings. The van der Waals surface area contributed by atoms with Crippen LogP contribution in [-0.2, 0) is 14.9 Å². The molecule has 3 heteroatoms. The molecule has 3 fully saturated rings. The molecule has 1 saturated carbocycles. The van der Waals surface area contributed by atoms with Crippen molar-refractivity contribution < 1.29 is 14.6 Å². The summed E-state index contributed by atoms with van der Waals surface area (Å²) in [6, 6.07) is 8.15. The van der Waals surface area contributed by atoms with E-state index in [2.05, 4.69) is 0 Å². The molecule has 3 nitrogen and oxygen atoms in total. The first kappa shape index (κ1) is 9.85. The molecule has 0 aromatic heterocycles. The molecule has 2 saturated heterocycles. The summed E-state index contributed by atoms with van der Waals surface area (Å²) in [7, 11) is 0.